The molecule has 0 aliphatic heterocycles. The number of rotatable bonds is 3. The zero-order valence-electron chi connectivity index (χ0n) is 8.88. The summed E-state index contributed by atoms with van der Waals surface area (Å²) in [4.78, 5) is 26.1. The standard InChI is InChI=1S/C11H7ClN2O3S/c12-6-2-1-3-7(4-6)13-9(15)10-14-8(5-18-10)11(16)17/h1-5H,(H,13,15)(H,16,17). The first-order valence-electron chi connectivity index (χ1n) is 4.82. The first kappa shape index (κ1) is 12.5. The molecule has 7 heteroatoms. The van der Waals surface area contributed by atoms with Crippen LogP contribution in [-0.2, 0) is 0 Å². The molecule has 1 aromatic carbocycles. The zero-order chi connectivity index (χ0) is 13.1. The second-order valence-electron chi connectivity index (χ2n) is 3.31. The van der Waals surface area contributed by atoms with E-state index in [9.17, 15) is 9.59 Å². The zero-order valence-corrected chi connectivity index (χ0v) is 10.5. The first-order chi connectivity index (χ1) is 8.56. The lowest BCUT2D eigenvalue weighted by Gasteiger charge is -2.02. The van der Waals surface area contributed by atoms with Crippen LogP contribution in [0.15, 0.2) is 29.6 Å². The predicted octanol–water partition coefficient (Wildman–Crippen LogP) is 2.75. The molecule has 2 aromatic rings. The van der Waals surface area contributed by atoms with E-state index in [1.807, 2.05) is 0 Å². The van der Waals surface area contributed by atoms with Crippen LogP contribution in [0.3, 0.4) is 0 Å². The van der Waals surface area contributed by atoms with Crippen LogP contribution in [-0.4, -0.2) is 22.0 Å². The van der Waals surface area contributed by atoms with Crippen molar-refractivity contribution in [2.24, 2.45) is 0 Å². The molecule has 1 heterocycles. The summed E-state index contributed by atoms with van der Waals surface area (Å²) in [5.41, 5.74) is 0.385. The number of carboxylic acid groups (broad SMARTS) is 1. The molecule has 92 valence electrons. The molecule has 0 saturated heterocycles. The number of hydrogen-bond donors (Lipinski definition) is 2. The third-order valence-electron chi connectivity index (χ3n) is 2.00. The Balaban J connectivity index is 2.14. The Morgan fingerprint density at radius 2 is 2.17 bits per heavy atom. The molecule has 5 nitrogen and oxygen atoms in total. The maximum absolute atomic E-state index is 11.8. The number of nitrogens with zero attached hydrogens (tertiary/aromatic N) is 1. The number of benzene rings is 1. The fourth-order valence-corrected chi connectivity index (χ4v) is 2.10. The maximum Gasteiger partial charge on any atom is 0.355 e. The normalized spacial score (nSPS) is 10.1. The van der Waals surface area contributed by atoms with Gasteiger partial charge in [-0.05, 0) is 18.2 Å². The summed E-state index contributed by atoms with van der Waals surface area (Å²) >= 11 is 6.75. The SMILES string of the molecule is O=C(O)c1csc(C(=O)Nc2cccc(Cl)c2)n1. The van der Waals surface area contributed by atoms with Gasteiger partial charge >= 0.3 is 5.97 Å². The van der Waals surface area contributed by atoms with Gasteiger partial charge in [0.2, 0.25) is 0 Å². The summed E-state index contributed by atoms with van der Waals surface area (Å²) in [6, 6.07) is 6.65. The minimum atomic E-state index is -1.16. The smallest absolute Gasteiger partial charge is 0.355 e. The second kappa shape index (κ2) is 5.16. The van der Waals surface area contributed by atoms with Crippen molar-refractivity contribution in [3.8, 4) is 0 Å². The Kier molecular flexibility index (Phi) is 3.59. The van der Waals surface area contributed by atoms with Gasteiger partial charge in [-0.3, -0.25) is 4.79 Å². The van der Waals surface area contributed by atoms with Crippen LogP contribution in [0.2, 0.25) is 5.02 Å². The van der Waals surface area contributed by atoms with Gasteiger partial charge in [-0.25, -0.2) is 9.78 Å². The van der Waals surface area contributed by atoms with Gasteiger partial charge in [0, 0.05) is 16.1 Å². The predicted molar refractivity (Wildman–Crippen MR) is 68.5 cm³/mol. The van der Waals surface area contributed by atoms with Crippen LogP contribution in [0, 0.1) is 0 Å². The van der Waals surface area contributed by atoms with Crippen molar-refractivity contribution < 1.29 is 14.7 Å². The number of aromatic nitrogens is 1. The number of anilines is 1. The molecule has 0 spiro atoms. The van der Waals surface area contributed by atoms with Crippen LogP contribution in [0.25, 0.3) is 0 Å². The summed E-state index contributed by atoms with van der Waals surface area (Å²) in [6.07, 6.45) is 0. The molecule has 0 bridgehead atoms. The fourth-order valence-electron chi connectivity index (χ4n) is 1.23. The molecule has 1 amide bonds. The minimum absolute atomic E-state index is 0.0902. The molecule has 0 aliphatic carbocycles. The van der Waals surface area contributed by atoms with Gasteiger partial charge in [0.25, 0.3) is 5.91 Å². The van der Waals surface area contributed by atoms with E-state index >= 15 is 0 Å². The number of hydrogen-bond acceptors (Lipinski definition) is 4. The summed E-state index contributed by atoms with van der Waals surface area (Å²) in [7, 11) is 0. The van der Waals surface area contributed by atoms with E-state index in [1.165, 1.54) is 5.38 Å². The highest BCUT2D eigenvalue weighted by molar-refractivity contribution is 7.12. The Hall–Kier alpha value is -1.92. The Labute approximate surface area is 111 Å². The fraction of sp³-hybridized carbons (Fsp3) is 0. The average molecular weight is 283 g/mol. The third kappa shape index (κ3) is 2.85. The summed E-state index contributed by atoms with van der Waals surface area (Å²) in [6.45, 7) is 0. The third-order valence-corrected chi connectivity index (χ3v) is 3.08. The molecule has 0 saturated carbocycles. The maximum atomic E-state index is 11.8. The number of carbonyl (C=O) groups is 2. The lowest BCUT2D eigenvalue weighted by atomic mass is 10.3. The van der Waals surface area contributed by atoms with Gasteiger partial charge in [-0.15, -0.1) is 11.3 Å². The highest BCUT2D eigenvalue weighted by Crippen LogP contribution is 2.17. The largest absolute Gasteiger partial charge is 0.476 e. The molecule has 2 N–H and O–H groups in total. The van der Waals surface area contributed by atoms with Crippen molar-refractivity contribution in [2.45, 2.75) is 0 Å². The molecule has 18 heavy (non-hydrogen) atoms. The summed E-state index contributed by atoms with van der Waals surface area (Å²) in [5.74, 6) is -1.62. The van der Waals surface area contributed by atoms with Gasteiger partial charge in [0.05, 0.1) is 0 Å². The van der Waals surface area contributed by atoms with Crippen molar-refractivity contribution >= 4 is 40.5 Å². The van der Waals surface area contributed by atoms with E-state index in [4.69, 9.17) is 16.7 Å². The van der Waals surface area contributed by atoms with Crippen LogP contribution >= 0.6 is 22.9 Å². The monoisotopic (exact) mass is 282 g/mol. The first-order valence-corrected chi connectivity index (χ1v) is 6.08. The molecule has 1 aromatic heterocycles. The van der Waals surface area contributed by atoms with Crippen molar-refractivity contribution in [3.63, 3.8) is 0 Å². The van der Waals surface area contributed by atoms with Crippen molar-refractivity contribution in [3.05, 3.63) is 45.4 Å². The van der Waals surface area contributed by atoms with Gasteiger partial charge in [0.15, 0.2) is 10.7 Å². The molecule has 0 fully saturated rings. The number of thiazole rings is 1. The van der Waals surface area contributed by atoms with Crippen LogP contribution in [0.4, 0.5) is 5.69 Å². The molecule has 2 rings (SSSR count). The number of nitrogens with one attached hydrogen (secondary N) is 1. The molecular weight excluding hydrogens is 276 g/mol. The molecular formula is C11H7ClN2O3S. The summed E-state index contributed by atoms with van der Waals surface area (Å²) in [5, 5.41) is 13.2. The lowest BCUT2D eigenvalue weighted by molar-refractivity contribution is 0.0691. The number of halogens is 1. The number of aromatic carboxylic acids is 1. The molecule has 0 aliphatic rings. The van der Waals surface area contributed by atoms with E-state index in [0.29, 0.717) is 10.7 Å². The summed E-state index contributed by atoms with van der Waals surface area (Å²) < 4.78 is 0. The second-order valence-corrected chi connectivity index (χ2v) is 4.60. The number of carbonyl (C=O) groups excluding carboxylic acids is 1. The van der Waals surface area contributed by atoms with Crippen LogP contribution < -0.4 is 5.32 Å². The highest BCUT2D eigenvalue weighted by atomic mass is 35.5. The molecule has 0 atom stereocenters. The van der Waals surface area contributed by atoms with Gasteiger partial charge in [-0.1, -0.05) is 17.7 Å². The van der Waals surface area contributed by atoms with Crippen LogP contribution in [0.1, 0.15) is 20.3 Å². The van der Waals surface area contributed by atoms with E-state index in [-0.39, 0.29) is 10.7 Å². The molecule has 0 unspecified atom stereocenters. The van der Waals surface area contributed by atoms with Crippen LogP contribution in [0.5, 0.6) is 0 Å². The minimum Gasteiger partial charge on any atom is -0.476 e. The van der Waals surface area contributed by atoms with E-state index in [0.717, 1.165) is 11.3 Å². The molecule has 0 radical (unpaired) electrons. The van der Waals surface area contributed by atoms with E-state index in [1.54, 1.807) is 24.3 Å². The van der Waals surface area contributed by atoms with E-state index in [2.05, 4.69) is 10.3 Å². The van der Waals surface area contributed by atoms with Crippen molar-refractivity contribution in [1.82, 2.24) is 4.98 Å². The van der Waals surface area contributed by atoms with Gasteiger partial charge < -0.3 is 10.4 Å². The van der Waals surface area contributed by atoms with Crippen molar-refractivity contribution in [2.75, 3.05) is 5.32 Å². The Morgan fingerprint density at radius 1 is 1.39 bits per heavy atom. The number of amides is 1. The lowest BCUT2D eigenvalue weighted by Crippen LogP contribution is -2.12. The van der Waals surface area contributed by atoms with Crippen molar-refractivity contribution in [1.29, 1.82) is 0 Å². The Morgan fingerprint density at radius 3 is 2.78 bits per heavy atom. The highest BCUT2D eigenvalue weighted by Gasteiger charge is 2.14. The topological polar surface area (TPSA) is 79.3 Å². The Bertz CT molecular complexity index is 612. The number of carboxylic acids is 1. The average Bonchev–Trinajstić information content (AvgIpc) is 2.78. The van der Waals surface area contributed by atoms with Gasteiger partial charge in [0.1, 0.15) is 0 Å². The van der Waals surface area contributed by atoms with Gasteiger partial charge in [-0.2, -0.15) is 0 Å². The quantitative estimate of drug-likeness (QED) is 0.907. The van der Waals surface area contributed by atoms with E-state index < -0.39 is 11.9 Å².